The molecule has 2 aromatic carbocycles. The highest BCUT2D eigenvalue weighted by molar-refractivity contribution is 14.1. The van der Waals surface area contributed by atoms with E-state index in [9.17, 15) is 4.79 Å². The Morgan fingerprint density at radius 2 is 1.88 bits per heavy atom. The molecule has 0 radical (unpaired) electrons. The molecule has 3 N–H and O–H groups in total. The van der Waals surface area contributed by atoms with E-state index in [1.165, 1.54) is 0 Å². The normalized spacial score (nSPS) is 9.94. The van der Waals surface area contributed by atoms with Gasteiger partial charge < -0.3 is 11.1 Å². The van der Waals surface area contributed by atoms with Crippen molar-refractivity contribution in [3.05, 3.63) is 57.7 Å². The number of anilines is 2. The molecule has 2 aromatic rings. The Balaban J connectivity index is 2.20. The molecule has 17 heavy (non-hydrogen) atoms. The van der Waals surface area contributed by atoms with Crippen LogP contribution in [-0.2, 0) is 0 Å². The zero-order valence-electron chi connectivity index (χ0n) is 8.98. The van der Waals surface area contributed by atoms with Gasteiger partial charge in [0.05, 0.1) is 11.4 Å². The first kappa shape index (κ1) is 11.9. The van der Waals surface area contributed by atoms with Crippen LogP contribution in [0.25, 0.3) is 0 Å². The van der Waals surface area contributed by atoms with Gasteiger partial charge in [-0.1, -0.05) is 18.2 Å². The molecule has 0 heterocycles. The molecule has 0 atom stereocenters. The van der Waals surface area contributed by atoms with Crippen molar-refractivity contribution in [1.29, 1.82) is 0 Å². The molecule has 0 saturated heterocycles. The highest BCUT2D eigenvalue weighted by atomic mass is 127. The minimum atomic E-state index is -0.151. The zero-order valence-corrected chi connectivity index (χ0v) is 11.1. The van der Waals surface area contributed by atoms with E-state index in [2.05, 4.69) is 27.9 Å². The van der Waals surface area contributed by atoms with Crippen molar-refractivity contribution in [3.8, 4) is 0 Å². The second kappa shape index (κ2) is 5.18. The maximum atomic E-state index is 11.9. The van der Waals surface area contributed by atoms with Crippen molar-refractivity contribution in [3.63, 3.8) is 0 Å². The second-order valence-electron chi connectivity index (χ2n) is 3.55. The van der Waals surface area contributed by atoms with Crippen molar-refractivity contribution >= 4 is 39.9 Å². The third kappa shape index (κ3) is 2.97. The number of carbonyl (C=O) groups excluding carboxylic acids is 1. The van der Waals surface area contributed by atoms with Crippen LogP contribution in [0.2, 0.25) is 0 Å². The first-order chi connectivity index (χ1) is 8.16. The van der Waals surface area contributed by atoms with E-state index >= 15 is 0 Å². The van der Waals surface area contributed by atoms with E-state index in [1.54, 1.807) is 18.2 Å². The van der Waals surface area contributed by atoms with Crippen LogP contribution in [0.15, 0.2) is 48.5 Å². The summed E-state index contributed by atoms with van der Waals surface area (Å²) >= 11 is 2.17. The van der Waals surface area contributed by atoms with Crippen LogP contribution in [0.4, 0.5) is 11.4 Å². The Kier molecular flexibility index (Phi) is 3.63. The Bertz CT molecular complexity index is 555. The van der Waals surface area contributed by atoms with Gasteiger partial charge in [0.25, 0.3) is 5.91 Å². The van der Waals surface area contributed by atoms with Gasteiger partial charge in [0, 0.05) is 9.13 Å². The summed E-state index contributed by atoms with van der Waals surface area (Å²) in [7, 11) is 0. The third-order valence-corrected chi connectivity index (χ3v) is 2.97. The second-order valence-corrected chi connectivity index (χ2v) is 4.80. The highest BCUT2D eigenvalue weighted by Gasteiger charge is 2.07. The van der Waals surface area contributed by atoms with Crippen LogP contribution >= 0.6 is 22.6 Å². The van der Waals surface area contributed by atoms with Gasteiger partial charge >= 0.3 is 0 Å². The molecule has 2 rings (SSSR count). The minimum absolute atomic E-state index is 0.151. The van der Waals surface area contributed by atoms with Crippen LogP contribution < -0.4 is 11.1 Å². The molecule has 0 saturated carbocycles. The average Bonchev–Trinajstić information content (AvgIpc) is 2.32. The fourth-order valence-electron chi connectivity index (χ4n) is 1.44. The summed E-state index contributed by atoms with van der Waals surface area (Å²) in [4.78, 5) is 11.9. The maximum absolute atomic E-state index is 11.9. The van der Waals surface area contributed by atoms with Crippen molar-refractivity contribution in [2.24, 2.45) is 0 Å². The molecule has 0 bridgehead atoms. The first-order valence-electron chi connectivity index (χ1n) is 5.08. The summed E-state index contributed by atoms with van der Waals surface area (Å²) in [6, 6.07) is 14.6. The topological polar surface area (TPSA) is 55.1 Å². The smallest absolute Gasteiger partial charge is 0.255 e. The van der Waals surface area contributed by atoms with Crippen LogP contribution in [0, 0.1) is 3.57 Å². The molecule has 0 aliphatic carbocycles. The number of amides is 1. The van der Waals surface area contributed by atoms with E-state index in [0.29, 0.717) is 16.9 Å². The largest absolute Gasteiger partial charge is 0.397 e. The maximum Gasteiger partial charge on any atom is 0.255 e. The summed E-state index contributed by atoms with van der Waals surface area (Å²) in [5.41, 5.74) is 7.58. The molecule has 0 aromatic heterocycles. The van der Waals surface area contributed by atoms with Crippen LogP contribution in [0.1, 0.15) is 10.4 Å². The predicted octanol–water partition coefficient (Wildman–Crippen LogP) is 3.13. The van der Waals surface area contributed by atoms with E-state index in [0.717, 1.165) is 3.57 Å². The summed E-state index contributed by atoms with van der Waals surface area (Å²) in [6.07, 6.45) is 0. The number of hydrogen-bond acceptors (Lipinski definition) is 2. The fraction of sp³-hybridized carbons (Fsp3) is 0. The van der Waals surface area contributed by atoms with E-state index in [1.807, 2.05) is 30.3 Å². The van der Waals surface area contributed by atoms with Gasteiger partial charge in [-0.3, -0.25) is 4.79 Å². The molecule has 0 unspecified atom stereocenters. The van der Waals surface area contributed by atoms with Crippen LogP contribution in [0.5, 0.6) is 0 Å². The van der Waals surface area contributed by atoms with Gasteiger partial charge in [0.2, 0.25) is 0 Å². The molecule has 0 aliphatic rings. The first-order valence-corrected chi connectivity index (χ1v) is 6.16. The summed E-state index contributed by atoms with van der Waals surface area (Å²) in [6.45, 7) is 0. The van der Waals surface area contributed by atoms with Crippen LogP contribution in [-0.4, -0.2) is 5.91 Å². The Morgan fingerprint density at radius 1 is 1.12 bits per heavy atom. The van der Waals surface area contributed by atoms with Crippen molar-refractivity contribution in [1.82, 2.24) is 0 Å². The number of benzene rings is 2. The lowest BCUT2D eigenvalue weighted by atomic mass is 10.2. The third-order valence-electron chi connectivity index (χ3n) is 2.30. The van der Waals surface area contributed by atoms with Gasteiger partial charge in [0.15, 0.2) is 0 Å². The van der Waals surface area contributed by atoms with Gasteiger partial charge in [-0.2, -0.15) is 0 Å². The van der Waals surface area contributed by atoms with E-state index in [4.69, 9.17) is 5.73 Å². The summed E-state index contributed by atoms with van der Waals surface area (Å²) < 4.78 is 1.02. The molecule has 4 heteroatoms. The number of hydrogen-bond donors (Lipinski definition) is 2. The molecule has 0 fully saturated rings. The van der Waals surface area contributed by atoms with Gasteiger partial charge in [-0.05, 0) is 52.9 Å². The lowest BCUT2D eigenvalue weighted by Crippen LogP contribution is -2.13. The SMILES string of the molecule is Nc1ccccc1NC(=O)c1cccc(I)c1. The molecule has 0 spiro atoms. The predicted molar refractivity (Wildman–Crippen MR) is 78.0 cm³/mol. The number of nitrogens with two attached hydrogens (primary N) is 1. The van der Waals surface area contributed by atoms with Gasteiger partial charge in [-0.25, -0.2) is 0 Å². The van der Waals surface area contributed by atoms with Gasteiger partial charge in [0.1, 0.15) is 0 Å². The standard InChI is InChI=1S/C13H11IN2O/c14-10-5-3-4-9(8-10)13(17)16-12-7-2-1-6-11(12)15/h1-8H,15H2,(H,16,17). The number of nitrogen functional groups attached to an aromatic ring is 1. The Morgan fingerprint density at radius 3 is 2.59 bits per heavy atom. The lowest BCUT2D eigenvalue weighted by molar-refractivity contribution is 0.102. The van der Waals surface area contributed by atoms with Crippen molar-refractivity contribution in [2.75, 3.05) is 11.1 Å². The molecule has 0 aliphatic heterocycles. The molecular weight excluding hydrogens is 327 g/mol. The number of halogens is 1. The van der Waals surface area contributed by atoms with E-state index in [-0.39, 0.29) is 5.91 Å². The quantitative estimate of drug-likeness (QED) is 0.653. The highest BCUT2D eigenvalue weighted by Crippen LogP contribution is 2.18. The summed E-state index contributed by atoms with van der Waals surface area (Å²) in [5.74, 6) is -0.151. The van der Waals surface area contributed by atoms with Crippen LogP contribution in [0.3, 0.4) is 0 Å². The monoisotopic (exact) mass is 338 g/mol. The van der Waals surface area contributed by atoms with Crippen molar-refractivity contribution in [2.45, 2.75) is 0 Å². The average molecular weight is 338 g/mol. The molecule has 3 nitrogen and oxygen atoms in total. The number of rotatable bonds is 2. The minimum Gasteiger partial charge on any atom is -0.397 e. The van der Waals surface area contributed by atoms with E-state index < -0.39 is 0 Å². The van der Waals surface area contributed by atoms with Gasteiger partial charge in [-0.15, -0.1) is 0 Å². The number of carbonyl (C=O) groups is 1. The number of para-hydroxylation sites is 2. The zero-order chi connectivity index (χ0) is 12.3. The fourth-order valence-corrected chi connectivity index (χ4v) is 1.98. The number of nitrogens with one attached hydrogen (secondary N) is 1. The Labute approximate surface area is 113 Å². The molecular formula is C13H11IN2O. The molecule has 86 valence electrons. The summed E-state index contributed by atoms with van der Waals surface area (Å²) in [5, 5.41) is 2.79. The lowest BCUT2D eigenvalue weighted by Gasteiger charge is -2.07. The molecule has 1 amide bonds. The van der Waals surface area contributed by atoms with Crippen molar-refractivity contribution < 1.29 is 4.79 Å². The Hall–Kier alpha value is -1.56.